The van der Waals surface area contributed by atoms with Crippen molar-refractivity contribution in [2.45, 2.75) is 25.0 Å². The number of ether oxygens (including phenoxy) is 1. The minimum Gasteiger partial charge on any atom is -0.481 e. The molecule has 0 heterocycles. The Hall–Kier alpha value is -2.47. The summed E-state index contributed by atoms with van der Waals surface area (Å²) in [5, 5.41) is 19.3. The Morgan fingerprint density at radius 2 is 2.00 bits per heavy atom. The third kappa shape index (κ3) is 3.17. The van der Waals surface area contributed by atoms with Crippen LogP contribution in [0.25, 0.3) is 0 Å². The number of hydrogen-bond donors (Lipinski definition) is 2. The number of aliphatic hydroxyl groups is 1. The third-order valence-electron chi connectivity index (χ3n) is 4.35. The summed E-state index contributed by atoms with van der Waals surface area (Å²) in [4.78, 5) is 34.7. The Bertz CT molecular complexity index is 611. The summed E-state index contributed by atoms with van der Waals surface area (Å²) in [6, 6.07) is 8.24. The van der Waals surface area contributed by atoms with Gasteiger partial charge in [-0.15, -0.1) is 6.58 Å². The van der Waals surface area contributed by atoms with Crippen LogP contribution in [-0.2, 0) is 14.3 Å². The molecule has 0 aliphatic heterocycles. The fraction of sp³-hybridized carbons (Fsp3) is 0.353. The predicted octanol–water partition coefficient (Wildman–Crippen LogP) is 1.44. The maximum Gasteiger partial charge on any atom is 0.338 e. The molecule has 1 aromatic carbocycles. The van der Waals surface area contributed by atoms with E-state index in [4.69, 9.17) is 9.84 Å². The molecular weight excluding hydrogens is 300 g/mol. The van der Waals surface area contributed by atoms with Gasteiger partial charge in [-0.25, -0.2) is 4.79 Å². The molecule has 1 aliphatic rings. The van der Waals surface area contributed by atoms with Gasteiger partial charge in [-0.1, -0.05) is 24.3 Å². The highest BCUT2D eigenvalue weighted by molar-refractivity contribution is 5.89. The number of carboxylic acids is 1. The van der Waals surface area contributed by atoms with Crippen LogP contribution in [0.1, 0.15) is 23.2 Å². The van der Waals surface area contributed by atoms with Crippen LogP contribution in [0.4, 0.5) is 0 Å². The van der Waals surface area contributed by atoms with Crippen LogP contribution in [0.2, 0.25) is 0 Å². The molecule has 2 N–H and O–H groups in total. The molecule has 0 saturated heterocycles. The SMILES string of the molecule is C=C[C@]1(CC(=O)O)[C@@H](O)C[C@@H](OC(=O)c2ccccc2)[C@@H]1C=O. The van der Waals surface area contributed by atoms with Gasteiger partial charge in [-0.05, 0) is 12.1 Å². The van der Waals surface area contributed by atoms with E-state index in [2.05, 4.69) is 6.58 Å². The number of aliphatic carboxylic acids is 1. The van der Waals surface area contributed by atoms with Crippen molar-refractivity contribution < 1.29 is 29.3 Å². The zero-order chi connectivity index (χ0) is 17.0. The summed E-state index contributed by atoms with van der Waals surface area (Å²) < 4.78 is 5.34. The second-order valence-electron chi connectivity index (χ2n) is 5.61. The number of carbonyl (C=O) groups is 3. The standard InChI is InChI=1S/C17H18O6/c1-2-17(9-15(20)21)12(10-18)13(8-14(17)19)23-16(22)11-6-4-3-5-7-11/h2-7,10,12-14,19H,1,8-9H2,(H,20,21)/t12-,13+,14-,17+/m0/s1. The van der Waals surface area contributed by atoms with Gasteiger partial charge in [0.05, 0.1) is 24.0 Å². The summed E-state index contributed by atoms with van der Waals surface area (Å²) >= 11 is 0. The summed E-state index contributed by atoms with van der Waals surface area (Å²) in [7, 11) is 0. The second-order valence-corrected chi connectivity index (χ2v) is 5.61. The number of carboxylic acid groups (broad SMARTS) is 1. The van der Waals surface area contributed by atoms with Gasteiger partial charge in [0, 0.05) is 11.8 Å². The van der Waals surface area contributed by atoms with Crippen molar-refractivity contribution in [1.29, 1.82) is 0 Å². The van der Waals surface area contributed by atoms with E-state index in [-0.39, 0.29) is 6.42 Å². The van der Waals surface area contributed by atoms with E-state index in [0.717, 1.165) is 0 Å². The van der Waals surface area contributed by atoms with Gasteiger partial charge in [0.15, 0.2) is 0 Å². The molecule has 0 radical (unpaired) electrons. The third-order valence-corrected chi connectivity index (χ3v) is 4.35. The highest BCUT2D eigenvalue weighted by Crippen LogP contribution is 2.47. The summed E-state index contributed by atoms with van der Waals surface area (Å²) in [6.45, 7) is 3.57. The monoisotopic (exact) mass is 318 g/mol. The maximum absolute atomic E-state index is 12.1. The van der Waals surface area contributed by atoms with Gasteiger partial charge in [0.2, 0.25) is 0 Å². The van der Waals surface area contributed by atoms with Crippen LogP contribution in [-0.4, -0.2) is 40.6 Å². The van der Waals surface area contributed by atoms with E-state index >= 15 is 0 Å². The number of hydrogen-bond acceptors (Lipinski definition) is 5. The predicted molar refractivity (Wildman–Crippen MR) is 80.7 cm³/mol. The van der Waals surface area contributed by atoms with Crippen molar-refractivity contribution in [3.63, 3.8) is 0 Å². The molecule has 0 bridgehead atoms. The molecule has 0 unspecified atom stereocenters. The zero-order valence-electron chi connectivity index (χ0n) is 12.4. The van der Waals surface area contributed by atoms with E-state index in [0.29, 0.717) is 11.8 Å². The van der Waals surface area contributed by atoms with Crippen molar-refractivity contribution in [3.05, 3.63) is 48.6 Å². The number of rotatable bonds is 6. The normalized spacial score (nSPS) is 29.7. The van der Waals surface area contributed by atoms with Crippen LogP contribution in [0, 0.1) is 11.3 Å². The molecule has 122 valence electrons. The topological polar surface area (TPSA) is 101 Å². The molecule has 0 aromatic heterocycles. The van der Waals surface area contributed by atoms with Gasteiger partial charge in [0.1, 0.15) is 12.4 Å². The lowest BCUT2D eigenvalue weighted by atomic mass is 9.74. The second kappa shape index (κ2) is 6.75. The Labute approximate surface area is 133 Å². The lowest BCUT2D eigenvalue weighted by Gasteiger charge is -2.31. The van der Waals surface area contributed by atoms with Crippen molar-refractivity contribution in [1.82, 2.24) is 0 Å². The Balaban J connectivity index is 2.23. The summed E-state index contributed by atoms with van der Waals surface area (Å²) in [5.74, 6) is -2.74. The molecule has 0 amide bonds. The first-order valence-corrected chi connectivity index (χ1v) is 7.19. The van der Waals surface area contributed by atoms with E-state index in [9.17, 15) is 19.5 Å². The van der Waals surface area contributed by atoms with Gasteiger partial charge in [-0.3, -0.25) is 4.79 Å². The first kappa shape index (κ1) is 16.9. The molecule has 1 saturated carbocycles. The van der Waals surface area contributed by atoms with Crippen molar-refractivity contribution in [3.8, 4) is 0 Å². The van der Waals surface area contributed by atoms with Gasteiger partial charge in [-0.2, -0.15) is 0 Å². The molecule has 6 heteroatoms. The fourth-order valence-corrected chi connectivity index (χ4v) is 3.11. The summed E-state index contributed by atoms with van der Waals surface area (Å²) in [5.41, 5.74) is -1.02. The van der Waals surface area contributed by atoms with Gasteiger partial charge < -0.3 is 19.7 Å². The minimum absolute atomic E-state index is 0.0126. The first-order chi connectivity index (χ1) is 10.9. The number of aldehydes is 1. The molecule has 23 heavy (non-hydrogen) atoms. The highest BCUT2D eigenvalue weighted by Gasteiger charge is 2.55. The van der Waals surface area contributed by atoms with Gasteiger partial charge in [0.25, 0.3) is 0 Å². The molecule has 0 spiro atoms. The smallest absolute Gasteiger partial charge is 0.338 e. The average molecular weight is 318 g/mol. The molecule has 6 nitrogen and oxygen atoms in total. The fourth-order valence-electron chi connectivity index (χ4n) is 3.11. The van der Waals surface area contributed by atoms with Gasteiger partial charge >= 0.3 is 11.9 Å². The zero-order valence-corrected chi connectivity index (χ0v) is 12.4. The summed E-state index contributed by atoms with van der Waals surface area (Å²) in [6.07, 6.45) is -0.681. The number of esters is 1. The first-order valence-electron chi connectivity index (χ1n) is 7.19. The van der Waals surface area contributed by atoms with Crippen LogP contribution < -0.4 is 0 Å². The van der Waals surface area contributed by atoms with Crippen molar-refractivity contribution in [2.75, 3.05) is 0 Å². The Morgan fingerprint density at radius 3 is 2.52 bits per heavy atom. The maximum atomic E-state index is 12.1. The Kier molecular flexibility index (Phi) is 4.95. The van der Waals surface area contributed by atoms with Crippen LogP contribution in [0.15, 0.2) is 43.0 Å². The molecule has 1 fully saturated rings. The highest BCUT2D eigenvalue weighted by atomic mass is 16.5. The van der Waals surface area contributed by atoms with Crippen molar-refractivity contribution >= 4 is 18.2 Å². The molecule has 4 atom stereocenters. The van der Waals surface area contributed by atoms with Crippen LogP contribution in [0.3, 0.4) is 0 Å². The molecular formula is C17H18O6. The van der Waals surface area contributed by atoms with E-state index < -0.39 is 41.9 Å². The lowest BCUT2D eigenvalue weighted by molar-refractivity contribution is -0.141. The number of aliphatic hydroxyl groups excluding tert-OH is 1. The number of benzene rings is 1. The van der Waals surface area contributed by atoms with Crippen LogP contribution in [0.5, 0.6) is 0 Å². The molecule has 2 rings (SSSR count). The minimum atomic E-state index is -1.34. The average Bonchev–Trinajstić information content (AvgIpc) is 2.79. The number of carbonyl (C=O) groups excluding carboxylic acids is 2. The quantitative estimate of drug-likeness (QED) is 0.467. The van der Waals surface area contributed by atoms with Crippen molar-refractivity contribution in [2.24, 2.45) is 11.3 Å². The Morgan fingerprint density at radius 1 is 1.35 bits per heavy atom. The van der Waals surface area contributed by atoms with E-state index in [1.807, 2.05) is 0 Å². The lowest BCUT2D eigenvalue weighted by Crippen LogP contribution is -2.39. The molecule has 1 aromatic rings. The van der Waals surface area contributed by atoms with E-state index in [1.165, 1.54) is 6.08 Å². The van der Waals surface area contributed by atoms with E-state index in [1.54, 1.807) is 30.3 Å². The largest absolute Gasteiger partial charge is 0.481 e. The molecule has 1 aliphatic carbocycles. The van der Waals surface area contributed by atoms with Crippen LogP contribution >= 0.6 is 0 Å².